The second-order valence-corrected chi connectivity index (χ2v) is 2.26. The normalized spacial score (nSPS) is 10.1. The Morgan fingerprint density at radius 1 is 1.64 bits per heavy atom. The molecule has 0 heterocycles. The van der Waals surface area contributed by atoms with Gasteiger partial charge in [-0.1, -0.05) is 18.7 Å². The van der Waals surface area contributed by atoms with E-state index in [1.54, 1.807) is 6.08 Å². The highest BCUT2D eigenvalue weighted by Crippen LogP contribution is 1.95. The van der Waals surface area contributed by atoms with Crippen LogP contribution in [0.2, 0.25) is 0 Å². The van der Waals surface area contributed by atoms with Gasteiger partial charge in [-0.3, -0.25) is 4.79 Å². The van der Waals surface area contributed by atoms with Crippen LogP contribution in [0.1, 0.15) is 13.3 Å². The van der Waals surface area contributed by atoms with Gasteiger partial charge in [-0.15, -0.1) is 0 Å². The molecule has 0 aliphatic carbocycles. The highest BCUT2D eigenvalue weighted by Gasteiger charge is 2.07. The number of hydrogen-bond acceptors (Lipinski definition) is 3. The van der Waals surface area contributed by atoms with Crippen molar-refractivity contribution in [3.8, 4) is 0 Å². The van der Waals surface area contributed by atoms with Crippen LogP contribution in [0.3, 0.4) is 0 Å². The van der Waals surface area contributed by atoms with Gasteiger partial charge in [0, 0.05) is 6.42 Å². The fourth-order valence-corrected chi connectivity index (χ4v) is 0.462. The monoisotopic (exact) mass is 154 g/mol. The lowest BCUT2D eigenvalue weighted by Gasteiger charge is -1.94. The highest BCUT2D eigenvalue weighted by molar-refractivity contribution is 6.51. The number of Topliss-reactive ketones (excluding diaryl/α,β-unsaturated/α-hetero) is 1. The smallest absolute Gasteiger partial charge is 0.423 e. The van der Waals surface area contributed by atoms with Gasteiger partial charge in [-0.05, 0) is 12.4 Å². The Hall–Kier alpha value is -0.865. The standard InChI is InChI=1S/C7H11BO3/c1-6(8(10)11)4-3-5-7(2)9/h3-4,10-11H,1,5H2,2H3/b4-3-. The number of carbonyl (C=O) groups excluding carboxylic acids is 1. The lowest BCUT2D eigenvalue weighted by Crippen LogP contribution is -2.12. The molecule has 0 unspecified atom stereocenters. The summed E-state index contributed by atoms with van der Waals surface area (Å²) in [5.74, 6) is 0.0291. The van der Waals surface area contributed by atoms with Gasteiger partial charge >= 0.3 is 7.12 Å². The summed E-state index contributed by atoms with van der Waals surface area (Å²) >= 11 is 0. The minimum atomic E-state index is -1.53. The molecule has 2 N–H and O–H groups in total. The van der Waals surface area contributed by atoms with Crippen molar-refractivity contribution in [2.75, 3.05) is 0 Å². The molecule has 0 atom stereocenters. The lowest BCUT2D eigenvalue weighted by atomic mass is 9.80. The third-order valence-electron chi connectivity index (χ3n) is 1.07. The molecule has 0 saturated heterocycles. The first-order valence-electron chi connectivity index (χ1n) is 3.25. The van der Waals surface area contributed by atoms with E-state index < -0.39 is 7.12 Å². The summed E-state index contributed by atoms with van der Waals surface area (Å²) in [5, 5.41) is 17.0. The van der Waals surface area contributed by atoms with E-state index in [1.165, 1.54) is 13.0 Å². The Balaban J connectivity index is 3.75. The fourth-order valence-electron chi connectivity index (χ4n) is 0.462. The second kappa shape index (κ2) is 4.88. The maximum atomic E-state index is 10.4. The topological polar surface area (TPSA) is 57.5 Å². The third-order valence-corrected chi connectivity index (χ3v) is 1.07. The number of ketones is 1. The summed E-state index contributed by atoms with van der Waals surface area (Å²) in [4.78, 5) is 10.4. The Kier molecular flexibility index (Phi) is 4.49. The third kappa shape index (κ3) is 5.57. The lowest BCUT2D eigenvalue weighted by molar-refractivity contribution is -0.116. The number of carbonyl (C=O) groups is 1. The molecular weight excluding hydrogens is 143 g/mol. The van der Waals surface area contributed by atoms with Crippen LogP contribution in [0, 0.1) is 0 Å². The predicted molar refractivity (Wildman–Crippen MR) is 43.8 cm³/mol. The number of rotatable bonds is 4. The highest BCUT2D eigenvalue weighted by atomic mass is 16.4. The SMILES string of the molecule is C=C(/C=C\CC(C)=O)B(O)O. The van der Waals surface area contributed by atoms with Gasteiger partial charge in [0.05, 0.1) is 0 Å². The summed E-state index contributed by atoms with van der Waals surface area (Å²) in [6.07, 6.45) is 3.27. The predicted octanol–water partition coefficient (Wildman–Crippen LogP) is 0.0899. The summed E-state index contributed by atoms with van der Waals surface area (Å²) in [5.41, 5.74) is 0.186. The van der Waals surface area contributed by atoms with E-state index in [0.717, 1.165) is 0 Å². The molecule has 0 amide bonds. The molecule has 0 aromatic heterocycles. The van der Waals surface area contributed by atoms with Gasteiger partial charge in [-0.2, -0.15) is 0 Å². The zero-order chi connectivity index (χ0) is 8.85. The molecule has 0 radical (unpaired) electrons. The molecule has 0 aliphatic heterocycles. The van der Waals surface area contributed by atoms with Crippen LogP contribution in [0.15, 0.2) is 24.2 Å². The average Bonchev–Trinajstić information content (AvgIpc) is 1.86. The first kappa shape index (κ1) is 10.1. The zero-order valence-corrected chi connectivity index (χ0v) is 6.45. The Morgan fingerprint density at radius 3 is 2.55 bits per heavy atom. The fraction of sp³-hybridized carbons (Fsp3) is 0.286. The molecule has 11 heavy (non-hydrogen) atoms. The quantitative estimate of drug-likeness (QED) is 0.445. The maximum Gasteiger partial charge on any atom is 0.487 e. The van der Waals surface area contributed by atoms with Crippen LogP contribution in [0.25, 0.3) is 0 Å². The minimum Gasteiger partial charge on any atom is -0.423 e. The molecule has 3 nitrogen and oxygen atoms in total. The van der Waals surface area contributed by atoms with Gasteiger partial charge in [-0.25, -0.2) is 0 Å². The van der Waals surface area contributed by atoms with Crippen molar-refractivity contribution in [2.45, 2.75) is 13.3 Å². The Bertz CT molecular complexity index is 184. The molecule has 0 aromatic carbocycles. The molecule has 0 aromatic rings. The van der Waals surface area contributed by atoms with Gasteiger partial charge in [0.2, 0.25) is 0 Å². The van der Waals surface area contributed by atoms with Crippen molar-refractivity contribution in [2.24, 2.45) is 0 Å². The van der Waals surface area contributed by atoms with E-state index in [2.05, 4.69) is 6.58 Å². The molecule has 0 aliphatic rings. The molecule has 0 fully saturated rings. The van der Waals surface area contributed by atoms with Crippen LogP contribution >= 0.6 is 0 Å². The van der Waals surface area contributed by atoms with Crippen molar-refractivity contribution >= 4 is 12.9 Å². The van der Waals surface area contributed by atoms with E-state index in [4.69, 9.17) is 10.0 Å². The van der Waals surface area contributed by atoms with Crippen molar-refractivity contribution in [3.63, 3.8) is 0 Å². The van der Waals surface area contributed by atoms with Crippen LogP contribution in [0.5, 0.6) is 0 Å². The Morgan fingerprint density at radius 2 is 2.18 bits per heavy atom. The van der Waals surface area contributed by atoms with Crippen molar-refractivity contribution in [1.82, 2.24) is 0 Å². The first-order valence-corrected chi connectivity index (χ1v) is 3.25. The van der Waals surface area contributed by atoms with Crippen molar-refractivity contribution in [3.05, 3.63) is 24.2 Å². The molecule has 4 heteroatoms. The first-order chi connectivity index (χ1) is 5.04. The Labute approximate surface area is 66.2 Å². The molecule has 0 spiro atoms. The molecular formula is C7H11BO3. The van der Waals surface area contributed by atoms with Gasteiger partial charge in [0.15, 0.2) is 0 Å². The summed E-state index contributed by atoms with van der Waals surface area (Å²) in [6.45, 7) is 4.81. The minimum absolute atomic E-state index is 0.0291. The van der Waals surface area contributed by atoms with Crippen LogP contribution in [0.4, 0.5) is 0 Å². The summed E-state index contributed by atoms with van der Waals surface area (Å²) in [6, 6.07) is 0. The molecule has 0 rings (SSSR count). The summed E-state index contributed by atoms with van der Waals surface area (Å²) in [7, 11) is -1.53. The van der Waals surface area contributed by atoms with E-state index in [0.29, 0.717) is 6.42 Å². The molecule has 60 valence electrons. The van der Waals surface area contributed by atoms with Crippen LogP contribution < -0.4 is 0 Å². The van der Waals surface area contributed by atoms with Gasteiger partial charge < -0.3 is 10.0 Å². The molecule has 0 bridgehead atoms. The van der Waals surface area contributed by atoms with Crippen molar-refractivity contribution in [1.29, 1.82) is 0 Å². The zero-order valence-electron chi connectivity index (χ0n) is 6.45. The van der Waals surface area contributed by atoms with E-state index in [9.17, 15) is 4.79 Å². The largest absolute Gasteiger partial charge is 0.487 e. The van der Waals surface area contributed by atoms with Crippen LogP contribution in [-0.4, -0.2) is 22.9 Å². The van der Waals surface area contributed by atoms with Gasteiger partial charge in [0.1, 0.15) is 5.78 Å². The van der Waals surface area contributed by atoms with E-state index >= 15 is 0 Å². The average molecular weight is 154 g/mol. The van der Waals surface area contributed by atoms with E-state index in [1.807, 2.05) is 0 Å². The second-order valence-electron chi connectivity index (χ2n) is 2.26. The van der Waals surface area contributed by atoms with Gasteiger partial charge in [0.25, 0.3) is 0 Å². The summed E-state index contributed by atoms with van der Waals surface area (Å²) < 4.78 is 0. The van der Waals surface area contributed by atoms with Crippen LogP contribution in [-0.2, 0) is 4.79 Å². The van der Waals surface area contributed by atoms with E-state index in [-0.39, 0.29) is 11.3 Å². The number of hydrogen-bond donors (Lipinski definition) is 2. The molecule has 0 saturated carbocycles. The maximum absolute atomic E-state index is 10.4. The van der Waals surface area contributed by atoms with Crippen molar-refractivity contribution < 1.29 is 14.8 Å². The number of allylic oxidation sites excluding steroid dienone is 3.